The predicted octanol–water partition coefficient (Wildman–Crippen LogP) is 4.32. The van der Waals surface area contributed by atoms with Gasteiger partial charge in [-0.15, -0.1) is 5.10 Å². The van der Waals surface area contributed by atoms with Crippen LogP contribution in [0.2, 0.25) is 10.0 Å². The molecule has 2 rings (SSSR count). The van der Waals surface area contributed by atoms with E-state index in [1.807, 2.05) is 13.0 Å². The van der Waals surface area contributed by atoms with Crippen LogP contribution in [0.5, 0.6) is 0 Å². The second-order valence-corrected chi connectivity index (χ2v) is 6.70. The van der Waals surface area contributed by atoms with Crippen molar-refractivity contribution in [2.75, 3.05) is 25.4 Å². The summed E-state index contributed by atoms with van der Waals surface area (Å²) in [7, 11) is 0. The molecule has 0 N–H and O–H groups in total. The van der Waals surface area contributed by atoms with Gasteiger partial charge in [0, 0.05) is 12.3 Å². The second kappa shape index (κ2) is 8.20. The van der Waals surface area contributed by atoms with Crippen LogP contribution in [-0.2, 0) is 0 Å². The molecule has 0 bridgehead atoms. The smallest absolute Gasteiger partial charge is 0.209 e. The first kappa shape index (κ1) is 17.6. The standard InChI is InChI=1S/C15H20Cl2N4S/c1-4-20(5-2)8-9-22-15-18-11(3)21(19-15)12-6-7-13(16)14(17)10-12/h6-7,10H,4-5,8-9H2,1-3H3. The molecule has 0 aliphatic heterocycles. The minimum atomic E-state index is 0.518. The van der Waals surface area contributed by atoms with Crippen LogP contribution >= 0.6 is 35.0 Å². The van der Waals surface area contributed by atoms with Crippen LogP contribution < -0.4 is 0 Å². The normalized spacial score (nSPS) is 11.4. The van der Waals surface area contributed by atoms with E-state index < -0.39 is 0 Å². The first-order valence-corrected chi connectivity index (χ1v) is 9.03. The molecule has 22 heavy (non-hydrogen) atoms. The van der Waals surface area contributed by atoms with Crippen molar-refractivity contribution in [3.8, 4) is 5.69 Å². The average molecular weight is 359 g/mol. The van der Waals surface area contributed by atoms with Crippen LogP contribution in [0.15, 0.2) is 23.4 Å². The maximum Gasteiger partial charge on any atom is 0.209 e. The Hall–Kier alpha value is -0.750. The molecule has 0 fully saturated rings. The molecule has 0 unspecified atom stereocenters. The number of aryl methyl sites for hydroxylation is 1. The van der Waals surface area contributed by atoms with Gasteiger partial charge < -0.3 is 4.90 Å². The largest absolute Gasteiger partial charge is 0.303 e. The van der Waals surface area contributed by atoms with Gasteiger partial charge in [0.05, 0.1) is 15.7 Å². The van der Waals surface area contributed by atoms with Gasteiger partial charge in [0.25, 0.3) is 0 Å². The Balaban J connectivity index is 2.06. The molecule has 1 aromatic carbocycles. The number of hydrogen-bond acceptors (Lipinski definition) is 4. The Bertz CT molecular complexity index is 626. The zero-order chi connectivity index (χ0) is 16.1. The summed E-state index contributed by atoms with van der Waals surface area (Å²) < 4.78 is 1.79. The topological polar surface area (TPSA) is 34.0 Å². The lowest BCUT2D eigenvalue weighted by molar-refractivity contribution is 0.324. The number of benzene rings is 1. The molecule has 0 atom stereocenters. The van der Waals surface area contributed by atoms with Crippen LogP contribution in [0.4, 0.5) is 0 Å². The van der Waals surface area contributed by atoms with E-state index in [1.54, 1.807) is 28.6 Å². The molecule has 0 aliphatic carbocycles. The van der Waals surface area contributed by atoms with Crippen LogP contribution in [-0.4, -0.2) is 45.1 Å². The molecule has 7 heteroatoms. The van der Waals surface area contributed by atoms with E-state index >= 15 is 0 Å². The number of aromatic nitrogens is 3. The third-order valence-corrected chi connectivity index (χ3v) is 4.99. The molecule has 4 nitrogen and oxygen atoms in total. The molecule has 0 saturated heterocycles. The molecule has 1 aromatic heterocycles. The maximum atomic E-state index is 6.07. The van der Waals surface area contributed by atoms with Crippen molar-refractivity contribution in [1.29, 1.82) is 0 Å². The highest BCUT2D eigenvalue weighted by Gasteiger charge is 2.10. The molecule has 1 heterocycles. The van der Waals surface area contributed by atoms with Gasteiger partial charge in [-0.3, -0.25) is 0 Å². The summed E-state index contributed by atoms with van der Waals surface area (Å²) in [6.07, 6.45) is 0. The van der Waals surface area contributed by atoms with Crippen LogP contribution in [0, 0.1) is 6.92 Å². The molecule has 2 aromatic rings. The number of nitrogens with zero attached hydrogens (tertiary/aromatic N) is 4. The van der Waals surface area contributed by atoms with E-state index in [2.05, 4.69) is 28.8 Å². The van der Waals surface area contributed by atoms with Crippen molar-refractivity contribution in [3.63, 3.8) is 0 Å². The van der Waals surface area contributed by atoms with Gasteiger partial charge in [-0.2, -0.15) is 0 Å². The summed E-state index contributed by atoms with van der Waals surface area (Å²) >= 11 is 13.7. The highest BCUT2D eigenvalue weighted by Crippen LogP contribution is 2.25. The molecule has 120 valence electrons. The van der Waals surface area contributed by atoms with Gasteiger partial charge in [0.1, 0.15) is 5.82 Å². The summed E-state index contributed by atoms with van der Waals surface area (Å²) in [5, 5.41) is 6.39. The van der Waals surface area contributed by atoms with Crippen molar-refractivity contribution >= 4 is 35.0 Å². The highest BCUT2D eigenvalue weighted by atomic mass is 35.5. The van der Waals surface area contributed by atoms with Crippen LogP contribution in [0.1, 0.15) is 19.7 Å². The molecular formula is C15H20Cl2N4S. The number of rotatable bonds is 7. The van der Waals surface area contributed by atoms with E-state index in [0.717, 1.165) is 42.1 Å². The average Bonchev–Trinajstić information content (AvgIpc) is 2.87. The predicted molar refractivity (Wildman–Crippen MR) is 94.6 cm³/mol. The van der Waals surface area contributed by atoms with Gasteiger partial charge in [-0.25, -0.2) is 9.67 Å². The van der Waals surface area contributed by atoms with Gasteiger partial charge >= 0.3 is 0 Å². The SMILES string of the molecule is CCN(CC)CCSc1nc(C)n(-c2ccc(Cl)c(Cl)c2)n1. The monoisotopic (exact) mass is 358 g/mol. The minimum Gasteiger partial charge on any atom is -0.303 e. The lowest BCUT2D eigenvalue weighted by Gasteiger charge is -2.16. The molecule has 0 amide bonds. The number of hydrogen-bond donors (Lipinski definition) is 0. The van der Waals surface area contributed by atoms with E-state index in [0.29, 0.717) is 10.0 Å². The lowest BCUT2D eigenvalue weighted by Crippen LogP contribution is -2.25. The van der Waals surface area contributed by atoms with Gasteiger partial charge in [-0.05, 0) is 38.2 Å². The van der Waals surface area contributed by atoms with E-state index in [4.69, 9.17) is 23.2 Å². The minimum absolute atomic E-state index is 0.518. The molecule has 0 aliphatic rings. The number of halogens is 2. The van der Waals surface area contributed by atoms with E-state index in [-0.39, 0.29) is 0 Å². The third-order valence-electron chi connectivity index (χ3n) is 3.43. The Kier molecular flexibility index (Phi) is 6.56. The van der Waals surface area contributed by atoms with Crippen molar-refractivity contribution in [3.05, 3.63) is 34.1 Å². The number of thioether (sulfide) groups is 1. The maximum absolute atomic E-state index is 6.07. The van der Waals surface area contributed by atoms with Gasteiger partial charge in [-0.1, -0.05) is 48.8 Å². The molecular weight excluding hydrogens is 339 g/mol. The Morgan fingerprint density at radius 2 is 1.91 bits per heavy atom. The first-order valence-electron chi connectivity index (χ1n) is 7.29. The lowest BCUT2D eigenvalue weighted by atomic mass is 10.3. The summed E-state index contributed by atoms with van der Waals surface area (Å²) in [5.74, 6) is 1.82. The zero-order valence-electron chi connectivity index (χ0n) is 13.0. The van der Waals surface area contributed by atoms with Crippen LogP contribution in [0.3, 0.4) is 0 Å². The van der Waals surface area contributed by atoms with Gasteiger partial charge in [0.15, 0.2) is 0 Å². The quantitative estimate of drug-likeness (QED) is 0.690. The second-order valence-electron chi connectivity index (χ2n) is 4.83. The summed E-state index contributed by atoms with van der Waals surface area (Å²) in [5.41, 5.74) is 0.870. The Labute approximate surface area is 145 Å². The summed E-state index contributed by atoms with van der Waals surface area (Å²) in [6, 6.07) is 5.46. The zero-order valence-corrected chi connectivity index (χ0v) is 15.3. The Morgan fingerprint density at radius 1 is 1.18 bits per heavy atom. The first-order chi connectivity index (χ1) is 10.5. The highest BCUT2D eigenvalue weighted by molar-refractivity contribution is 7.99. The van der Waals surface area contributed by atoms with Crippen molar-refractivity contribution in [1.82, 2.24) is 19.7 Å². The Morgan fingerprint density at radius 3 is 2.55 bits per heavy atom. The fraction of sp³-hybridized carbons (Fsp3) is 0.467. The van der Waals surface area contributed by atoms with Crippen molar-refractivity contribution in [2.45, 2.75) is 25.9 Å². The van der Waals surface area contributed by atoms with Gasteiger partial charge in [0.2, 0.25) is 5.16 Å². The van der Waals surface area contributed by atoms with Crippen LogP contribution in [0.25, 0.3) is 5.69 Å². The third kappa shape index (κ3) is 4.38. The van der Waals surface area contributed by atoms with E-state index in [1.165, 1.54) is 0 Å². The summed E-state index contributed by atoms with van der Waals surface area (Å²) in [6.45, 7) is 9.47. The fourth-order valence-corrected chi connectivity index (χ4v) is 3.25. The molecule has 0 radical (unpaired) electrons. The van der Waals surface area contributed by atoms with Crippen molar-refractivity contribution < 1.29 is 0 Å². The summed E-state index contributed by atoms with van der Waals surface area (Å²) in [4.78, 5) is 6.89. The fourth-order valence-electron chi connectivity index (χ4n) is 2.09. The molecule has 0 spiro atoms. The van der Waals surface area contributed by atoms with Crippen molar-refractivity contribution in [2.24, 2.45) is 0 Å². The van der Waals surface area contributed by atoms with E-state index in [9.17, 15) is 0 Å². The molecule has 0 saturated carbocycles.